The molecule has 4 N–H and O–H groups in total. The summed E-state index contributed by atoms with van der Waals surface area (Å²) >= 11 is 0. The highest BCUT2D eigenvalue weighted by Gasteiger charge is 2.50. The van der Waals surface area contributed by atoms with E-state index in [4.69, 9.17) is 15.2 Å². The number of aliphatic carboxylic acids is 1. The number of hydrogen-bond acceptors (Lipinski definition) is 9. The van der Waals surface area contributed by atoms with E-state index in [0.717, 1.165) is 4.90 Å². The number of benzene rings is 1. The van der Waals surface area contributed by atoms with Gasteiger partial charge in [-0.25, -0.2) is 19.7 Å². The molecule has 0 bridgehead atoms. The SMILES string of the molecule is CC(C)(C)OC(C)(C)C.CCC1(N)C(c2ncc(N3CCC(C(=O)O)CC3)c(Cc3cc(C(F)(F)F)cc(C(F)(F)F)c3)n2)Cc2nc(OC)ccc2N1C(=O)O. The fraction of sp³-hybridized carbons (Fsp3) is 0.564. The van der Waals surface area contributed by atoms with E-state index in [1.165, 1.54) is 25.4 Å². The Bertz CT molecular complexity index is 1880. The largest absolute Gasteiger partial charge is 0.481 e. The number of aromatic nitrogens is 3. The van der Waals surface area contributed by atoms with Gasteiger partial charge in [0.2, 0.25) is 5.88 Å². The van der Waals surface area contributed by atoms with E-state index in [9.17, 15) is 46.1 Å². The van der Waals surface area contributed by atoms with Gasteiger partial charge in [0.05, 0.1) is 70.2 Å². The van der Waals surface area contributed by atoms with Crippen LogP contribution in [0.3, 0.4) is 0 Å². The highest BCUT2D eigenvalue weighted by molar-refractivity contribution is 5.89. The molecule has 0 aliphatic carbocycles. The molecule has 12 nitrogen and oxygen atoms in total. The normalized spacial score (nSPS) is 19.4. The molecular weight excluding hydrogens is 762 g/mol. The number of pyridine rings is 1. The Hall–Kier alpha value is -4.71. The van der Waals surface area contributed by atoms with Gasteiger partial charge in [0.15, 0.2) is 0 Å². The number of rotatable bonds is 7. The van der Waals surface area contributed by atoms with Gasteiger partial charge in [0.1, 0.15) is 11.5 Å². The number of carbonyl (C=O) groups is 2. The van der Waals surface area contributed by atoms with Crippen LogP contribution >= 0.6 is 0 Å². The molecule has 57 heavy (non-hydrogen) atoms. The van der Waals surface area contributed by atoms with Crippen molar-refractivity contribution >= 4 is 23.4 Å². The topological polar surface area (TPSA) is 164 Å². The lowest BCUT2D eigenvalue weighted by atomic mass is 9.80. The van der Waals surface area contributed by atoms with Gasteiger partial charge < -0.3 is 30.3 Å². The molecular formula is C39H50F6N6O6. The zero-order valence-electron chi connectivity index (χ0n) is 33.2. The minimum Gasteiger partial charge on any atom is -0.481 e. The second-order valence-electron chi connectivity index (χ2n) is 16.1. The van der Waals surface area contributed by atoms with Crippen molar-refractivity contribution in [2.75, 3.05) is 30.0 Å². The van der Waals surface area contributed by atoms with Crippen LogP contribution < -0.4 is 20.3 Å². The highest BCUT2D eigenvalue weighted by Crippen LogP contribution is 2.44. The van der Waals surface area contributed by atoms with Gasteiger partial charge >= 0.3 is 24.4 Å². The number of nitrogens with two attached hydrogens (primary N) is 1. The molecule has 5 rings (SSSR count). The first-order chi connectivity index (χ1) is 26.2. The van der Waals surface area contributed by atoms with Crippen molar-refractivity contribution in [2.45, 2.75) is 116 Å². The smallest absolute Gasteiger partial charge is 0.416 e. The van der Waals surface area contributed by atoms with Gasteiger partial charge in [-0.1, -0.05) is 6.92 Å². The molecule has 0 saturated carbocycles. The molecule has 1 aromatic carbocycles. The van der Waals surface area contributed by atoms with Gasteiger partial charge in [-0.15, -0.1) is 0 Å². The van der Waals surface area contributed by atoms with Gasteiger partial charge in [0, 0.05) is 32.0 Å². The number of anilines is 2. The van der Waals surface area contributed by atoms with Crippen LogP contribution in [0.15, 0.2) is 36.5 Å². The van der Waals surface area contributed by atoms with Gasteiger partial charge in [-0.2, -0.15) is 26.3 Å². The number of fused-ring (bicyclic) bond motifs is 1. The van der Waals surface area contributed by atoms with Crippen LogP contribution in [-0.2, 0) is 34.7 Å². The Morgan fingerprint density at radius 3 is 1.89 bits per heavy atom. The average Bonchev–Trinajstić information content (AvgIpc) is 3.08. The summed E-state index contributed by atoms with van der Waals surface area (Å²) in [6, 6.07) is 4.26. The lowest BCUT2D eigenvalue weighted by Crippen LogP contribution is -2.64. The van der Waals surface area contributed by atoms with E-state index < -0.39 is 59.5 Å². The molecule has 0 radical (unpaired) electrons. The van der Waals surface area contributed by atoms with Crippen molar-refractivity contribution < 1.29 is 55.6 Å². The Labute approximate surface area is 327 Å². The number of carboxylic acids is 1. The Morgan fingerprint density at radius 2 is 1.46 bits per heavy atom. The lowest BCUT2D eigenvalue weighted by molar-refractivity contribution is -0.144. The molecule has 2 aromatic heterocycles. The van der Waals surface area contributed by atoms with Crippen molar-refractivity contribution in [1.29, 1.82) is 0 Å². The van der Waals surface area contributed by atoms with E-state index in [1.807, 2.05) is 0 Å². The number of carboxylic acid groups (broad SMARTS) is 2. The fourth-order valence-corrected chi connectivity index (χ4v) is 7.28. The Kier molecular flexibility index (Phi) is 13.1. The van der Waals surface area contributed by atoms with Crippen LogP contribution in [0.2, 0.25) is 0 Å². The first-order valence-electron chi connectivity index (χ1n) is 18.3. The zero-order valence-corrected chi connectivity index (χ0v) is 33.2. The summed E-state index contributed by atoms with van der Waals surface area (Å²) in [5.41, 5.74) is 2.72. The second kappa shape index (κ2) is 16.6. The first-order valence-corrected chi connectivity index (χ1v) is 18.3. The maximum absolute atomic E-state index is 13.7. The van der Waals surface area contributed by atoms with Crippen molar-refractivity contribution in [1.82, 2.24) is 15.0 Å². The summed E-state index contributed by atoms with van der Waals surface area (Å²) in [5.74, 6) is -2.36. The summed E-state index contributed by atoms with van der Waals surface area (Å²) in [7, 11) is 1.38. The van der Waals surface area contributed by atoms with E-state index in [1.54, 1.807) is 11.8 Å². The minimum atomic E-state index is -5.07. The molecule has 18 heteroatoms. The minimum absolute atomic E-state index is 0.00284. The van der Waals surface area contributed by atoms with E-state index in [2.05, 4.69) is 56.5 Å². The van der Waals surface area contributed by atoms with Crippen molar-refractivity contribution in [3.05, 3.63) is 70.4 Å². The number of nitrogens with zero attached hydrogens (tertiary/aromatic N) is 5. The molecule has 2 unspecified atom stereocenters. The van der Waals surface area contributed by atoms with E-state index >= 15 is 0 Å². The molecule has 1 amide bonds. The predicted octanol–water partition coefficient (Wildman–Crippen LogP) is 8.30. The third kappa shape index (κ3) is 11.0. The maximum Gasteiger partial charge on any atom is 0.416 e. The number of alkyl halides is 6. The maximum atomic E-state index is 13.7. The molecule has 0 spiro atoms. The molecule has 2 aliphatic rings. The van der Waals surface area contributed by atoms with Crippen LogP contribution in [0.1, 0.15) is 108 Å². The van der Waals surface area contributed by atoms with Crippen molar-refractivity contribution in [3.8, 4) is 5.88 Å². The monoisotopic (exact) mass is 812 g/mol. The number of ether oxygens (including phenoxy) is 2. The molecule has 314 valence electrons. The van der Waals surface area contributed by atoms with Crippen LogP contribution in [-0.4, -0.2) is 74.3 Å². The number of halogens is 6. The lowest BCUT2D eigenvalue weighted by Gasteiger charge is -2.47. The van der Waals surface area contributed by atoms with Crippen molar-refractivity contribution in [3.63, 3.8) is 0 Å². The summed E-state index contributed by atoms with van der Waals surface area (Å²) in [5, 5.41) is 19.7. The van der Waals surface area contributed by atoms with Gasteiger partial charge in [0.25, 0.3) is 0 Å². The van der Waals surface area contributed by atoms with Crippen molar-refractivity contribution in [2.24, 2.45) is 11.7 Å². The summed E-state index contributed by atoms with van der Waals surface area (Å²) < 4.78 is 93.2. The number of hydrogen-bond donors (Lipinski definition) is 3. The quantitative estimate of drug-likeness (QED) is 0.197. The zero-order chi connectivity index (χ0) is 42.9. The first kappa shape index (κ1) is 45.0. The number of methoxy groups -OCH3 is 1. The summed E-state index contributed by atoms with van der Waals surface area (Å²) in [6.07, 6.45) is -10.1. The summed E-state index contributed by atoms with van der Waals surface area (Å²) in [6.45, 7) is 14.5. The van der Waals surface area contributed by atoms with E-state index in [-0.39, 0.29) is 84.7 Å². The fourth-order valence-electron chi connectivity index (χ4n) is 7.28. The summed E-state index contributed by atoms with van der Waals surface area (Å²) in [4.78, 5) is 40.4. The predicted molar refractivity (Wildman–Crippen MR) is 199 cm³/mol. The van der Waals surface area contributed by atoms with Gasteiger partial charge in [-0.3, -0.25) is 9.69 Å². The Morgan fingerprint density at radius 1 is 0.895 bits per heavy atom. The van der Waals surface area contributed by atoms with Crippen LogP contribution in [0.5, 0.6) is 5.88 Å². The Balaban J connectivity index is 0.000000713. The third-order valence-electron chi connectivity index (χ3n) is 9.54. The molecule has 4 heterocycles. The van der Waals surface area contributed by atoms with Crippen LogP contribution in [0, 0.1) is 5.92 Å². The van der Waals surface area contributed by atoms with Crippen LogP contribution in [0.4, 0.5) is 42.5 Å². The molecule has 3 aromatic rings. The van der Waals surface area contributed by atoms with Gasteiger partial charge in [-0.05, 0) is 90.6 Å². The molecule has 2 atom stereocenters. The average molecular weight is 813 g/mol. The second-order valence-corrected chi connectivity index (χ2v) is 16.1. The van der Waals surface area contributed by atoms with Crippen LogP contribution in [0.25, 0.3) is 0 Å². The highest BCUT2D eigenvalue weighted by atomic mass is 19.4. The molecule has 2 aliphatic heterocycles. The number of piperidine rings is 1. The molecule has 1 fully saturated rings. The number of amides is 1. The molecule has 1 saturated heterocycles. The third-order valence-corrected chi connectivity index (χ3v) is 9.54. The van der Waals surface area contributed by atoms with E-state index in [0.29, 0.717) is 23.5 Å². The standard InChI is InChI=1S/C31H32F6N6O5.C8H18O/c1-3-29(38)20(14-22-23(43(29)28(46)47)4-5-25(40-22)48-2)26-39-15-24(42-8-6-17(7-9-42)27(44)45)21(41-26)12-16-10-18(30(32,33)34)13-19(11-16)31(35,36)37;1-7(2,3)9-8(4,5)6/h4-5,10-11,13,15,17,20H,3,6-9,12,14,38H2,1-2H3,(H,44,45)(H,46,47);1-6H3.